The van der Waals surface area contributed by atoms with Gasteiger partial charge in [-0.15, -0.1) is 0 Å². The molecule has 1 heterocycles. The molecule has 0 radical (unpaired) electrons. The highest BCUT2D eigenvalue weighted by atomic mass is 32.1. The zero-order chi connectivity index (χ0) is 25.2. The molecule has 4 rings (SSSR count). The van der Waals surface area contributed by atoms with E-state index >= 15 is 0 Å². The van der Waals surface area contributed by atoms with Crippen molar-refractivity contribution < 1.29 is 37.4 Å². The molecule has 0 saturated heterocycles. The maximum absolute atomic E-state index is 12.5. The van der Waals surface area contributed by atoms with Gasteiger partial charge in [-0.25, -0.2) is 14.6 Å². The summed E-state index contributed by atoms with van der Waals surface area (Å²) >= 11 is 0.667. The topological polar surface area (TPSA) is 118 Å². The van der Waals surface area contributed by atoms with Crippen LogP contribution >= 0.6 is 11.3 Å². The Kier molecular flexibility index (Phi) is 6.74. The van der Waals surface area contributed by atoms with E-state index < -0.39 is 36.6 Å². The van der Waals surface area contributed by atoms with E-state index in [-0.39, 0.29) is 22.5 Å². The average Bonchev–Trinajstić information content (AvgIpc) is 3.39. The first-order valence-electron chi connectivity index (χ1n) is 10.3. The zero-order valence-corrected chi connectivity index (χ0v) is 18.7. The summed E-state index contributed by atoms with van der Waals surface area (Å²) in [7, 11) is 0. The van der Waals surface area contributed by atoms with Gasteiger partial charge in [0, 0.05) is 5.92 Å². The lowest BCUT2D eigenvalue weighted by molar-refractivity contribution is -0.157. The molecule has 35 heavy (non-hydrogen) atoms. The number of ether oxygens (including phenoxy) is 1. The van der Waals surface area contributed by atoms with E-state index in [1.54, 1.807) is 5.32 Å². The lowest BCUT2D eigenvalue weighted by Gasteiger charge is -2.15. The molecule has 1 atom stereocenters. The zero-order valence-electron chi connectivity index (χ0n) is 17.8. The number of hydrogen-bond donors (Lipinski definition) is 3. The highest BCUT2D eigenvalue weighted by Gasteiger charge is 2.36. The smallest absolute Gasteiger partial charge is 0.413 e. The number of hydrogen-bond acceptors (Lipinski definition) is 6. The number of alkyl halides is 3. The van der Waals surface area contributed by atoms with Crippen molar-refractivity contribution in [1.82, 2.24) is 10.3 Å². The molecule has 0 fully saturated rings. The predicted molar refractivity (Wildman–Crippen MR) is 120 cm³/mol. The highest BCUT2D eigenvalue weighted by Crippen LogP contribution is 2.44. The van der Waals surface area contributed by atoms with E-state index in [4.69, 9.17) is 9.84 Å². The molecule has 3 aromatic rings. The summed E-state index contributed by atoms with van der Waals surface area (Å²) in [6.45, 7) is 0.0519. The lowest BCUT2D eigenvalue weighted by atomic mass is 9.98. The van der Waals surface area contributed by atoms with Crippen LogP contribution in [0.3, 0.4) is 0 Å². The van der Waals surface area contributed by atoms with Crippen molar-refractivity contribution in [3.8, 4) is 11.1 Å². The van der Waals surface area contributed by atoms with Gasteiger partial charge in [0.1, 0.15) is 17.5 Å². The quantitative estimate of drug-likeness (QED) is 0.431. The Labute approximate surface area is 200 Å². The van der Waals surface area contributed by atoms with Crippen LogP contribution in [0.1, 0.15) is 33.1 Å². The van der Waals surface area contributed by atoms with Crippen molar-refractivity contribution in [3.05, 3.63) is 70.7 Å². The van der Waals surface area contributed by atoms with Crippen LogP contribution in [-0.2, 0) is 9.53 Å². The minimum atomic E-state index is -4.78. The van der Waals surface area contributed by atoms with E-state index in [0.717, 1.165) is 28.5 Å². The summed E-state index contributed by atoms with van der Waals surface area (Å²) in [6.07, 6.45) is -6.31. The van der Waals surface area contributed by atoms with E-state index in [2.05, 4.69) is 10.3 Å². The summed E-state index contributed by atoms with van der Waals surface area (Å²) in [4.78, 5) is 39.2. The molecule has 2 aromatic carbocycles. The van der Waals surface area contributed by atoms with Gasteiger partial charge in [-0.1, -0.05) is 59.9 Å². The van der Waals surface area contributed by atoms with Crippen LogP contribution in [0.2, 0.25) is 0 Å². The van der Waals surface area contributed by atoms with Crippen molar-refractivity contribution in [2.75, 3.05) is 11.9 Å². The number of carboxylic acid groups (broad SMARTS) is 1. The van der Waals surface area contributed by atoms with Gasteiger partial charge in [0.15, 0.2) is 5.13 Å². The molecule has 0 saturated carbocycles. The molecule has 1 unspecified atom stereocenters. The SMILES string of the molecule is O=C(Nc1ncc(C(=O)NC(CC(F)(F)F)C(=O)O)s1)OCC1c2ccccc2-c2ccccc21. The molecule has 0 bridgehead atoms. The second-order valence-electron chi connectivity index (χ2n) is 7.66. The van der Waals surface area contributed by atoms with Gasteiger partial charge in [0.05, 0.1) is 12.6 Å². The fourth-order valence-electron chi connectivity index (χ4n) is 3.82. The van der Waals surface area contributed by atoms with Gasteiger partial charge >= 0.3 is 18.2 Å². The lowest BCUT2D eigenvalue weighted by Crippen LogP contribution is -2.43. The van der Waals surface area contributed by atoms with Gasteiger partial charge in [-0.05, 0) is 22.3 Å². The van der Waals surface area contributed by atoms with E-state index in [1.807, 2.05) is 48.5 Å². The number of fused-ring (bicyclic) bond motifs is 3. The van der Waals surface area contributed by atoms with Crippen LogP contribution in [0, 0.1) is 0 Å². The van der Waals surface area contributed by atoms with Crippen LogP contribution in [0.15, 0.2) is 54.7 Å². The van der Waals surface area contributed by atoms with Gasteiger partial charge in [0.25, 0.3) is 5.91 Å². The molecular formula is C23H18F3N3O5S. The third-order valence-electron chi connectivity index (χ3n) is 5.32. The summed E-state index contributed by atoms with van der Waals surface area (Å²) in [5.74, 6) is -3.04. The van der Waals surface area contributed by atoms with Crippen molar-refractivity contribution >= 4 is 34.4 Å². The van der Waals surface area contributed by atoms with Crippen LogP contribution in [0.25, 0.3) is 11.1 Å². The number of amides is 2. The molecule has 0 spiro atoms. The number of carbonyl (C=O) groups excluding carboxylic acids is 2. The van der Waals surface area contributed by atoms with Crippen molar-refractivity contribution in [3.63, 3.8) is 0 Å². The number of thiazole rings is 1. The van der Waals surface area contributed by atoms with Crippen molar-refractivity contribution in [1.29, 1.82) is 0 Å². The fourth-order valence-corrected chi connectivity index (χ4v) is 4.52. The Hall–Kier alpha value is -3.93. The Balaban J connectivity index is 1.36. The van der Waals surface area contributed by atoms with Crippen LogP contribution in [0.5, 0.6) is 0 Å². The van der Waals surface area contributed by atoms with Crippen LogP contribution in [-0.4, -0.2) is 46.9 Å². The Morgan fingerprint density at radius 2 is 1.66 bits per heavy atom. The number of benzene rings is 2. The Morgan fingerprint density at radius 1 is 1.06 bits per heavy atom. The third-order valence-corrected chi connectivity index (χ3v) is 6.23. The molecule has 0 aliphatic heterocycles. The van der Waals surface area contributed by atoms with E-state index in [1.165, 1.54) is 0 Å². The largest absolute Gasteiger partial charge is 0.480 e. The van der Waals surface area contributed by atoms with Crippen molar-refractivity contribution in [2.45, 2.75) is 24.6 Å². The number of halogens is 3. The summed E-state index contributed by atoms with van der Waals surface area (Å²) in [6, 6.07) is 13.5. The molecule has 12 heteroatoms. The van der Waals surface area contributed by atoms with E-state index in [0.29, 0.717) is 11.3 Å². The number of aliphatic carboxylic acids is 1. The first-order chi connectivity index (χ1) is 16.6. The minimum Gasteiger partial charge on any atom is -0.480 e. The highest BCUT2D eigenvalue weighted by molar-refractivity contribution is 7.17. The number of rotatable bonds is 7. The maximum atomic E-state index is 12.5. The second kappa shape index (κ2) is 9.74. The van der Waals surface area contributed by atoms with Gasteiger partial charge in [-0.2, -0.15) is 13.2 Å². The molecule has 8 nitrogen and oxygen atoms in total. The maximum Gasteiger partial charge on any atom is 0.413 e. The fraction of sp³-hybridized carbons (Fsp3) is 0.217. The predicted octanol–water partition coefficient (Wildman–Crippen LogP) is 4.64. The summed E-state index contributed by atoms with van der Waals surface area (Å²) in [5, 5.41) is 13.1. The Bertz CT molecular complexity index is 1230. The van der Waals surface area contributed by atoms with Crippen LogP contribution < -0.4 is 10.6 Å². The molecule has 1 aromatic heterocycles. The average molecular weight is 505 g/mol. The van der Waals surface area contributed by atoms with Gasteiger partial charge in [0.2, 0.25) is 0 Å². The van der Waals surface area contributed by atoms with E-state index in [9.17, 15) is 27.6 Å². The molecule has 1 aliphatic rings. The Morgan fingerprint density at radius 3 is 2.23 bits per heavy atom. The van der Waals surface area contributed by atoms with Crippen LogP contribution in [0.4, 0.5) is 23.1 Å². The summed E-state index contributed by atoms with van der Waals surface area (Å²) in [5.41, 5.74) is 4.19. The number of aromatic nitrogens is 1. The van der Waals surface area contributed by atoms with Crippen molar-refractivity contribution in [2.24, 2.45) is 0 Å². The number of carboxylic acids is 1. The summed E-state index contributed by atoms with van der Waals surface area (Å²) < 4.78 is 43.0. The minimum absolute atomic E-state index is 0.0323. The van der Waals surface area contributed by atoms with Gasteiger partial charge < -0.3 is 15.2 Å². The monoisotopic (exact) mass is 505 g/mol. The number of nitrogens with zero attached hydrogens (tertiary/aromatic N) is 1. The van der Waals surface area contributed by atoms with Gasteiger partial charge in [-0.3, -0.25) is 10.1 Å². The number of nitrogens with one attached hydrogen (secondary N) is 2. The third kappa shape index (κ3) is 5.60. The number of carbonyl (C=O) groups is 3. The molecule has 2 amide bonds. The first kappa shape index (κ1) is 24.2. The second-order valence-corrected chi connectivity index (χ2v) is 8.69. The molecule has 1 aliphatic carbocycles. The number of anilines is 1. The first-order valence-corrected chi connectivity index (χ1v) is 11.1. The molecule has 182 valence electrons. The normalized spacial score (nSPS) is 13.5. The molecule has 3 N–H and O–H groups in total. The standard InChI is InChI=1S/C23H18F3N3O5S/c24-23(25,26)9-17(20(31)32)28-19(30)18-10-27-21(35-18)29-22(33)34-11-16-14-7-3-1-5-12(14)13-6-2-4-8-15(13)16/h1-8,10,16-17H,9,11H2,(H,28,30)(H,31,32)(H,27,29,33). The molecular weight excluding hydrogens is 487 g/mol.